The molecule has 5 heteroatoms. The normalized spacial score (nSPS) is 11.1. The molecule has 0 atom stereocenters. The highest BCUT2D eigenvalue weighted by atomic mass is 19.1. The summed E-state index contributed by atoms with van der Waals surface area (Å²) in [5, 5.41) is 2.74. The molecule has 0 aliphatic heterocycles. The third kappa shape index (κ3) is 3.71. The van der Waals surface area contributed by atoms with Crippen molar-refractivity contribution in [1.82, 2.24) is 5.32 Å². The summed E-state index contributed by atoms with van der Waals surface area (Å²) < 4.78 is 13.4. The number of nitrogens with two attached hydrogens (primary N) is 1. The van der Waals surface area contributed by atoms with Crippen LogP contribution < -0.4 is 16.6 Å². The van der Waals surface area contributed by atoms with Gasteiger partial charge in [-0.3, -0.25) is 10.6 Å². The summed E-state index contributed by atoms with van der Waals surface area (Å²) in [6.07, 6.45) is 0. The van der Waals surface area contributed by atoms with E-state index in [2.05, 4.69) is 10.7 Å². The first-order chi connectivity index (χ1) is 7.85. The minimum Gasteiger partial charge on any atom is -0.351 e. The Morgan fingerprint density at radius 1 is 1.41 bits per heavy atom. The van der Waals surface area contributed by atoms with Crippen LogP contribution in [0, 0.1) is 11.2 Å². The fourth-order valence-corrected chi connectivity index (χ4v) is 1.30. The molecular weight excluding hydrogens is 221 g/mol. The van der Waals surface area contributed by atoms with Crippen LogP contribution in [0.25, 0.3) is 0 Å². The van der Waals surface area contributed by atoms with Crippen LogP contribution in [0.1, 0.15) is 31.1 Å². The van der Waals surface area contributed by atoms with E-state index in [0.717, 1.165) is 0 Å². The maximum atomic E-state index is 13.4. The van der Waals surface area contributed by atoms with Crippen molar-refractivity contribution in [3.8, 4) is 0 Å². The van der Waals surface area contributed by atoms with E-state index in [1.54, 1.807) is 0 Å². The molecule has 0 heterocycles. The van der Waals surface area contributed by atoms with Gasteiger partial charge in [0.25, 0.3) is 5.91 Å². The van der Waals surface area contributed by atoms with Crippen LogP contribution in [0.3, 0.4) is 0 Å². The highest BCUT2D eigenvalue weighted by Gasteiger charge is 2.17. The lowest BCUT2D eigenvalue weighted by Gasteiger charge is -2.19. The number of rotatable bonds is 3. The van der Waals surface area contributed by atoms with E-state index in [-0.39, 0.29) is 22.6 Å². The Morgan fingerprint density at radius 3 is 2.59 bits per heavy atom. The van der Waals surface area contributed by atoms with Gasteiger partial charge in [-0.25, -0.2) is 4.39 Å². The van der Waals surface area contributed by atoms with Gasteiger partial charge in [-0.15, -0.1) is 0 Å². The lowest BCUT2D eigenvalue weighted by Crippen LogP contribution is -2.33. The van der Waals surface area contributed by atoms with E-state index < -0.39 is 5.82 Å². The summed E-state index contributed by atoms with van der Waals surface area (Å²) in [7, 11) is 0. The molecule has 0 bridgehead atoms. The third-order valence-electron chi connectivity index (χ3n) is 2.18. The topological polar surface area (TPSA) is 67.2 Å². The second kappa shape index (κ2) is 5.14. The number of para-hydroxylation sites is 1. The molecule has 0 aliphatic carbocycles. The second-order valence-corrected chi connectivity index (χ2v) is 5.05. The molecular formula is C12H18FN3O. The zero-order valence-electron chi connectivity index (χ0n) is 10.3. The lowest BCUT2D eigenvalue weighted by atomic mass is 9.97. The molecule has 4 N–H and O–H groups in total. The number of carbonyl (C=O) groups excluding carboxylic acids is 1. The van der Waals surface area contributed by atoms with Gasteiger partial charge >= 0.3 is 0 Å². The molecule has 4 nitrogen and oxygen atoms in total. The Balaban J connectivity index is 2.86. The van der Waals surface area contributed by atoms with E-state index in [1.807, 2.05) is 20.8 Å². The fourth-order valence-electron chi connectivity index (χ4n) is 1.30. The van der Waals surface area contributed by atoms with Gasteiger partial charge in [-0.1, -0.05) is 26.8 Å². The molecule has 0 aromatic heterocycles. The Labute approximate surface area is 100 Å². The molecule has 0 saturated carbocycles. The molecule has 1 rings (SSSR count). The van der Waals surface area contributed by atoms with E-state index in [0.29, 0.717) is 6.54 Å². The lowest BCUT2D eigenvalue weighted by molar-refractivity contribution is 0.0939. The van der Waals surface area contributed by atoms with Gasteiger partial charge in [-0.05, 0) is 17.5 Å². The first-order valence-corrected chi connectivity index (χ1v) is 5.38. The van der Waals surface area contributed by atoms with Crippen molar-refractivity contribution in [3.63, 3.8) is 0 Å². The maximum Gasteiger partial charge on any atom is 0.253 e. The van der Waals surface area contributed by atoms with Crippen LogP contribution in [0.15, 0.2) is 18.2 Å². The summed E-state index contributed by atoms with van der Waals surface area (Å²) in [5.41, 5.74) is 2.40. The Kier molecular flexibility index (Phi) is 4.07. The predicted octanol–water partition coefficient (Wildman–Crippen LogP) is 1.89. The first kappa shape index (κ1) is 13.4. The molecule has 1 aromatic rings. The summed E-state index contributed by atoms with van der Waals surface area (Å²) in [5.74, 6) is 4.32. The summed E-state index contributed by atoms with van der Waals surface area (Å²) in [6.45, 7) is 6.51. The monoisotopic (exact) mass is 239 g/mol. The molecule has 17 heavy (non-hydrogen) atoms. The van der Waals surface area contributed by atoms with Gasteiger partial charge in [0.2, 0.25) is 0 Å². The average Bonchev–Trinajstić information content (AvgIpc) is 2.24. The van der Waals surface area contributed by atoms with E-state index in [1.165, 1.54) is 18.2 Å². The molecule has 0 unspecified atom stereocenters. The highest BCUT2D eigenvalue weighted by Crippen LogP contribution is 2.19. The van der Waals surface area contributed by atoms with Crippen molar-refractivity contribution in [2.45, 2.75) is 20.8 Å². The van der Waals surface area contributed by atoms with E-state index >= 15 is 0 Å². The first-order valence-electron chi connectivity index (χ1n) is 5.38. The van der Waals surface area contributed by atoms with Gasteiger partial charge in [0, 0.05) is 6.54 Å². The fraction of sp³-hybridized carbons (Fsp3) is 0.417. The summed E-state index contributed by atoms with van der Waals surface area (Å²) in [4.78, 5) is 11.8. The largest absolute Gasteiger partial charge is 0.351 e. The van der Waals surface area contributed by atoms with E-state index in [9.17, 15) is 9.18 Å². The average molecular weight is 239 g/mol. The van der Waals surface area contributed by atoms with Gasteiger partial charge in [0.15, 0.2) is 0 Å². The molecule has 1 aromatic carbocycles. The van der Waals surface area contributed by atoms with Gasteiger partial charge in [0.05, 0.1) is 11.3 Å². The number of benzene rings is 1. The minimum absolute atomic E-state index is 0.0129. The number of amides is 1. The number of hydrogen-bond donors (Lipinski definition) is 3. The van der Waals surface area contributed by atoms with Gasteiger partial charge in [-0.2, -0.15) is 0 Å². The molecule has 0 aliphatic rings. The number of halogens is 1. The number of hydrazine groups is 1. The van der Waals surface area contributed by atoms with Crippen molar-refractivity contribution in [2.75, 3.05) is 12.0 Å². The Morgan fingerprint density at radius 2 is 2.06 bits per heavy atom. The van der Waals surface area contributed by atoms with Crippen molar-refractivity contribution >= 4 is 11.6 Å². The summed E-state index contributed by atoms with van der Waals surface area (Å²) >= 11 is 0. The van der Waals surface area contributed by atoms with Crippen LogP contribution in [-0.2, 0) is 0 Å². The molecule has 0 saturated heterocycles. The molecule has 0 fully saturated rings. The zero-order chi connectivity index (χ0) is 13.1. The van der Waals surface area contributed by atoms with Crippen LogP contribution in [0.4, 0.5) is 10.1 Å². The smallest absolute Gasteiger partial charge is 0.253 e. The van der Waals surface area contributed by atoms with Crippen LogP contribution in [-0.4, -0.2) is 12.5 Å². The summed E-state index contributed by atoms with van der Waals surface area (Å²) in [6, 6.07) is 4.24. The van der Waals surface area contributed by atoms with Crippen LogP contribution in [0.5, 0.6) is 0 Å². The Bertz CT molecular complexity index is 413. The number of nitrogen functional groups attached to an aromatic ring is 1. The molecule has 94 valence electrons. The number of nitrogens with one attached hydrogen (secondary N) is 2. The standard InChI is InChI=1S/C12H18FN3O/c1-12(2,3)7-15-11(17)8-5-4-6-9(13)10(8)16-14/h4-6,16H,7,14H2,1-3H3,(H,15,17). The molecule has 0 radical (unpaired) electrons. The van der Waals surface area contributed by atoms with Crippen LogP contribution >= 0.6 is 0 Å². The van der Waals surface area contributed by atoms with Gasteiger partial charge in [0.1, 0.15) is 5.82 Å². The minimum atomic E-state index is -0.545. The maximum absolute atomic E-state index is 13.4. The Hall–Kier alpha value is -1.62. The number of hydrogen-bond acceptors (Lipinski definition) is 3. The van der Waals surface area contributed by atoms with Crippen molar-refractivity contribution in [1.29, 1.82) is 0 Å². The van der Waals surface area contributed by atoms with E-state index in [4.69, 9.17) is 5.84 Å². The SMILES string of the molecule is CC(C)(C)CNC(=O)c1cccc(F)c1NN. The van der Waals surface area contributed by atoms with Crippen molar-refractivity contribution in [2.24, 2.45) is 11.3 Å². The van der Waals surface area contributed by atoms with Crippen molar-refractivity contribution < 1.29 is 9.18 Å². The zero-order valence-corrected chi connectivity index (χ0v) is 10.3. The number of anilines is 1. The predicted molar refractivity (Wildman–Crippen MR) is 66.0 cm³/mol. The third-order valence-corrected chi connectivity index (χ3v) is 2.18. The van der Waals surface area contributed by atoms with Crippen molar-refractivity contribution in [3.05, 3.63) is 29.6 Å². The van der Waals surface area contributed by atoms with Gasteiger partial charge < -0.3 is 10.7 Å². The quantitative estimate of drug-likeness (QED) is 0.557. The molecule has 0 spiro atoms. The second-order valence-electron chi connectivity index (χ2n) is 5.05. The molecule has 1 amide bonds. The van der Waals surface area contributed by atoms with Crippen LogP contribution in [0.2, 0.25) is 0 Å². The highest BCUT2D eigenvalue weighted by molar-refractivity contribution is 5.99. The number of carbonyl (C=O) groups is 1.